The van der Waals surface area contributed by atoms with Crippen LogP contribution in [0, 0.1) is 5.41 Å². The van der Waals surface area contributed by atoms with Crippen LogP contribution in [0.4, 0.5) is 0 Å². The van der Waals surface area contributed by atoms with Crippen LogP contribution in [0.3, 0.4) is 0 Å². The highest BCUT2D eigenvalue weighted by Crippen LogP contribution is 2.16. The average Bonchev–Trinajstić information content (AvgIpc) is 2.34. The van der Waals surface area contributed by atoms with Crippen LogP contribution in [0.5, 0.6) is 0 Å². The van der Waals surface area contributed by atoms with E-state index in [1.807, 2.05) is 37.4 Å². The van der Waals surface area contributed by atoms with Gasteiger partial charge in [0.15, 0.2) is 0 Å². The fraction of sp³-hybridized carbons (Fsp3) is 0.500. The molecular weight excluding hydrogens is 226 g/mol. The molecular formula is C14H23N3O. The lowest BCUT2D eigenvalue weighted by Crippen LogP contribution is -2.33. The van der Waals surface area contributed by atoms with Crippen LogP contribution in [0.15, 0.2) is 30.3 Å². The van der Waals surface area contributed by atoms with Gasteiger partial charge in [0.1, 0.15) is 0 Å². The Kier molecular flexibility index (Phi) is 5.82. The predicted octanol–water partition coefficient (Wildman–Crippen LogP) is 1.41. The van der Waals surface area contributed by atoms with E-state index in [1.165, 1.54) is 0 Å². The molecule has 4 heteroatoms. The van der Waals surface area contributed by atoms with Crippen molar-refractivity contribution in [2.24, 2.45) is 5.73 Å². The van der Waals surface area contributed by atoms with Crippen molar-refractivity contribution in [2.75, 3.05) is 20.1 Å². The molecule has 1 aromatic rings. The largest absolute Gasteiger partial charge is 0.393 e. The van der Waals surface area contributed by atoms with Crippen LogP contribution in [0.2, 0.25) is 0 Å². The van der Waals surface area contributed by atoms with E-state index in [4.69, 9.17) is 11.1 Å². The van der Waals surface area contributed by atoms with Crippen LogP contribution >= 0.6 is 0 Å². The van der Waals surface area contributed by atoms with Crippen molar-refractivity contribution in [3.8, 4) is 0 Å². The van der Waals surface area contributed by atoms with Crippen LogP contribution < -0.4 is 5.73 Å². The standard InChI is InChI=1S/C14H23N3O/c1-11(18)8-9-17(2)10-13(14(15)16)12-6-4-3-5-7-12/h3-7,11,13,18H,8-10H2,1-2H3,(H3,15,16). The van der Waals surface area contributed by atoms with Gasteiger partial charge in [-0.05, 0) is 26.0 Å². The highest BCUT2D eigenvalue weighted by molar-refractivity contribution is 5.84. The molecule has 4 N–H and O–H groups in total. The number of aliphatic hydroxyl groups excluding tert-OH is 1. The molecule has 0 saturated carbocycles. The monoisotopic (exact) mass is 249 g/mol. The number of rotatable bonds is 7. The molecule has 1 aromatic carbocycles. The molecule has 0 bridgehead atoms. The predicted molar refractivity (Wildman–Crippen MR) is 74.9 cm³/mol. The maximum Gasteiger partial charge on any atom is 0.0995 e. The number of hydrogen-bond donors (Lipinski definition) is 3. The summed E-state index contributed by atoms with van der Waals surface area (Å²) < 4.78 is 0. The third-order valence-electron chi connectivity index (χ3n) is 3.00. The zero-order chi connectivity index (χ0) is 13.5. The maximum absolute atomic E-state index is 9.27. The van der Waals surface area contributed by atoms with Crippen molar-refractivity contribution in [1.82, 2.24) is 4.90 Å². The van der Waals surface area contributed by atoms with Gasteiger partial charge in [-0.3, -0.25) is 5.41 Å². The Bertz CT molecular complexity index is 365. The van der Waals surface area contributed by atoms with E-state index in [0.717, 1.165) is 18.5 Å². The Morgan fingerprint density at radius 1 is 1.39 bits per heavy atom. The number of likely N-dealkylation sites (N-methyl/N-ethyl adjacent to an activating group) is 1. The topological polar surface area (TPSA) is 73.3 Å². The van der Waals surface area contributed by atoms with Gasteiger partial charge in [0.2, 0.25) is 0 Å². The van der Waals surface area contributed by atoms with E-state index < -0.39 is 0 Å². The molecule has 2 unspecified atom stereocenters. The van der Waals surface area contributed by atoms with E-state index in [0.29, 0.717) is 6.54 Å². The minimum Gasteiger partial charge on any atom is -0.393 e. The van der Waals surface area contributed by atoms with Crippen molar-refractivity contribution < 1.29 is 5.11 Å². The van der Waals surface area contributed by atoms with Gasteiger partial charge in [-0.15, -0.1) is 0 Å². The fourth-order valence-corrected chi connectivity index (χ4v) is 1.88. The number of amidine groups is 1. The molecule has 2 atom stereocenters. The summed E-state index contributed by atoms with van der Waals surface area (Å²) in [5.41, 5.74) is 6.74. The van der Waals surface area contributed by atoms with Gasteiger partial charge in [-0.25, -0.2) is 0 Å². The molecule has 4 nitrogen and oxygen atoms in total. The van der Waals surface area contributed by atoms with Crippen molar-refractivity contribution in [1.29, 1.82) is 5.41 Å². The number of nitrogens with two attached hydrogens (primary N) is 1. The highest BCUT2D eigenvalue weighted by atomic mass is 16.3. The normalized spacial score (nSPS) is 14.4. The highest BCUT2D eigenvalue weighted by Gasteiger charge is 2.16. The number of hydrogen-bond acceptors (Lipinski definition) is 3. The minimum atomic E-state index is -0.292. The molecule has 0 aliphatic heterocycles. The molecule has 0 radical (unpaired) electrons. The van der Waals surface area contributed by atoms with Gasteiger partial charge in [0, 0.05) is 13.1 Å². The maximum atomic E-state index is 9.27. The number of nitrogens with one attached hydrogen (secondary N) is 1. The summed E-state index contributed by atoms with van der Waals surface area (Å²) >= 11 is 0. The van der Waals surface area contributed by atoms with Crippen LogP contribution in [-0.4, -0.2) is 42.1 Å². The first kappa shape index (κ1) is 14.7. The molecule has 0 aliphatic carbocycles. The lowest BCUT2D eigenvalue weighted by Gasteiger charge is -2.24. The lowest BCUT2D eigenvalue weighted by molar-refractivity contribution is 0.164. The van der Waals surface area contributed by atoms with Crippen molar-refractivity contribution in [3.63, 3.8) is 0 Å². The summed E-state index contributed by atoms with van der Waals surface area (Å²) in [5, 5.41) is 17.0. The summed E-state index contributed by atoms with van der Waals surface area (Å²) in [6.07, 6.45) is 0.440. The van der Waals surface area contributed by atoms with E-state index in [2.05, 4.69) is 4.90 Å². The summed E-state index contributed by atoms with van der Waals surface area (Å²) in [5.74, 6) is 0.107. The Hall–Kier alpha value is -1.39. The van der Waals surface area contributed by atoms with Crippen LogP contribution in [-0.2, 0) is 0 Å². The lowest BCUT2D eigenvalue weighted by atomic mass is 9.97. The molecule has 0 amide bonds. The zero-order valence-electron chi connectivity index (χ0n) is 11.1. The molecule has 1 rings (SSSR count). The van der Waals surface area contributed by atoms with Gasteiger partial charge in [0.05, 0.1) is 17.9 Å². The van der Waals surface area contributed by atoms with Crippen LogP contribution in [0.1, 0.15) is 24.8 Å². The van der Waals surface area contributed by atoms with E-state index in [9.17, 15) is 5.11 Å². The van der Waals surface area contributed by atoms with Gasteiger partial charge in [-0.2, -0.15) is 0 Å². The molecule has 0 fully saturated rings. The number of benzene rings is 1. The second kappa shape index (κ2) is 7.13. The average molecular weight is 249 g/mol. The van der Waals surface area contributed by atoms with E-state index >= 15 is 0 Å². The molecule has 0 saturated heterocycles. The van der Waals surface area contributed by atoms with Gasteiger partial charge >= 0.3 is 0 Å². The molecule has 0 spiro atoms. The SMILES string of the molecule is CC(O)CCN(C)CC(C(=N)N)c1ccccc1. The summed E-state index contributed by atoms with van der Waals surface area (Å²) in [6, 6.07) is 9.86. The van der Waals surface area contributed by atoms with Crippen LogP contribution in [0.25, 0.3) is 0 Å². The fourth-order valence-electron chi connectivity index (χ4n) is 1.88. The first-order valence-electron chi connectivity index (χ1n) is 6.26. The second-order valence-corrected chi connectivity index (χ2v) is 4.82. The van der Waals surface area contributed by atoms with E-state index in [1.54, 1.807) is 6.92 Å². The molecule has 0 aliphatic rings. The third-order valence-corrected chi connectivity index (χ3v) is 3.00. The molecule has 18 heavy (non-hydrogen) atoms. The van der Waals surface area contributed by atoms with Crippen molar-refractivity contribution in [2.45, 2.75) is 25.4 Å². The Morgan fingerprint density at radius 3 is 2.50 bits per heavy atom. The molecule has 100 valence electrons. The summed E-state index contributed by atoms with van der Waals surface area (Å²) in [7, 11) is 1.99. The zero-order valence-corrected chi connectivity index (χ0v) is 11.1. The molecule has 0 heterocycles. The quantitative estimate of drug-likeness (QED) is 0.505. The van der Waals surface area contributed by atoms with E-state index in [-0.39, 0.29) is 17.9 Å². The van der Waals surface area contributed by atoms with Gasteiger partial charge < -0.3 is 15.7 Å². The molecule has 0 aromatic heterocycles. The first-order valence-corrected chi connectivity index (χ1v) is 6.26. The van der Waals surface area contributed by atoms with Gasteiger partial charge in [-0.1, -0.05) is 30.3 Å². The van der Waals surface area contributed by atoms with Gasteiger partial charge in [0.25, 0.3) is 0 Å². The summed E-state index contributed by atoms with van der Waals surface area (Å²) in [6.45, 7) is 3.29. The minimum absolute atomic E-state index is 0.0785. The smallest absolute Gasteiger partial charge is 0.0995 e. The third kappa shape index (κ3) is 4.85. The summed E-state index contributed by atoms with van der Waals surface area (Å²) in [4.78, 5) is 2.10. The second-order valence-electron chi connectivity index (χ2n) is 4.82. The Balaban J connectivity index is 2.62. The van der Waals surface area contributed by atoms with Crippen molar-refractivity contribution in [3.05, 3.63) is 35.9 Å². The number of nitrogens with zero attached hydrogens (tertiary/aromatic N) is 1. The Labute approximate surface area is 109 Å². The Morgan fingerprint density at radius 2 is 2.00 bits per heavy atom. The van der Waals surface area contributed by atoms with Crippen molar-refractivity contribution >= 4 is 5.84 Å². The number of aliphatic hydroxyl groups is 1. The first-order chi connectivity index (χ1) is 8.50.